The Morgan fingerprint density at radius 3 is 2.10 bits per heavy atom. The third-order valence-electron chi connectivity index (χ3n) is 3.24. The molecule has 0 nitrogen and oxygen atoms in total. The maximum absolute atomic E-state index is 13.7. The molecule has 0 aromatic heterocycles. The Morgan fingerprint density at radius 2 is 1.43 bits per heavy atom. The lowest BCUT2D eigenvalue weighted by Crippen LogP contribution is -1.97. The van der Waals surface area contributed by atoms with Gasteiger partial charge < -0.3 is 0 Å². The lowest BCUT2D eigenvalue weighted by Gasteiger charge is -2.07. The first-order valence-corrected chi connectivity index (χ1v) is 8.13. The maximum Gasteiger partial charge on any atom is 0.130 e. The monoisotopic (exact) mass is 420 g/mol. The second-order valence-electron chi connectivity index (χ2n) is 4.79. The van der Waals surface area contributed by atoms with Gasteiger partial charge in [0.25, 0.3) is 0 Å². The van der Waals surface area contributed by atoms with Gasteiger partial charge in [0.05, 0.1) is 0 Å². The Hall–Kier alpha value is -0.810. The smallest absolute Gasteiger partial charge is 0.130 e. The molecule has 0 aliphatic carbocycles. The van der Waals surface area contributed by atoms with Crippen molar-refractivity contribution in [1.82, 2.24) is 0 Å². The molecule has 0 saturated carbocycles. The molecule has 0 unspecified atom stereocenters. The fraction of sp³-hybridized carbons (Fsp3) is 0.250. The highest BCUT2D eigenvalue weighted by atomic mass is 79.9. The van der Waals surface area contributed by atoms with Crippen LogP contribution in [0, 0.1) is 17.5 Å². The summed E-state index contributed by atoms with van der Waals surface area (Å²) >= 11 is 6.42. The Morgan fingerprint density at radius 1 is 0.810 bits per heavy atom. The quantitative estimate of drug-likeness (QED) is 0.504. The predicted octanol–water partition coefficient (Wildman–Crippen LogP) is 6.19. The molecule has 0 atom stereocenters. The van der Waals surface area contributed by atoms with E-state index in [1.807, 2.05) is 0 Å². The van der Waals surface area contributed by atoms with Crippen LogP contribution in [0.25, 0.3) is 0 Å². The molecule has 0 spiro atoms. The highest BCUT2D eigenvalue weighted by Crippen LogP contribution is 2.23. The van der Waals surface area contributed by atoms with Gasteiger partial charge in [-0.1, -0.05) is 31.9 Å². The van der Waals surface area contributed by atoms with Crippen molar-refractivity contribution in [3.8, 4) is 0 Å². The first-order chi connectivity index (χ1) is 9.97. The topological polar surface area (TPSA) is 0 Å². The zero-order valence-corrected chi connectivity index (χ0v) is 14.3. The van der Waals surface area contributed by atoms with Gasteiger partial charge in [-0.15, -0.1) is 0 Å². The number of hydrogen-bond donors (Lipinski definition) is 0. The van der Waals surface area contributed by atoms with Gasteiger partial charge in [-0.05, 0) is 61.6 Å². The minimum absolute atomic E-state index is 0.108. The molecule has 5 heteroatoms. The standard InChI is InChI=1S/C16H13Br2F3/c17-11-8-15(20)13(16(21)9-11)4-2-1-3-10-7-12(19)5-6-14(10)18/h5-9H,1-4H2. The summed E-state index contributed by atoms with van der Waals surface area (Å²) in [4.78, 5) is 0. The van der Waals surface area contributed by atoms with Gasteiger partial charge in [0.15, 0.2) is 0 Å². The SMILES string of the molecule is Fc1ccc(Br)c(CCCCc2c(F)cc(Br)cc2F)c1. The van der Waals surface area contributed by atoms with Crippen LogP contribution in [0.1, 0.15) is 24.0 Å². The fourth-order valence-electron chi connectivity index (χ4n) is 2.16. The summed E-state index contributed by atoms with van der Waals surface area (Å²) in [7, 11) is 0. The summed E-state index contributed by atoms with van der Waals surface area (Å²) < 4.78 is 41.7. The van der Waals surface area contributed by atoms with E-state index in [4.69, 9.17) is 0 Å². The third-order valence-corrected chi connectivity index (χ3v) is 4.47. The number of benzene rings is 2. The van der Waals surface area contributed by atoms with E-state index in [1.165, 1.54) is 24.3 Å². The van der Waals surface area contributed by atoms with Crippen LogP contribution >= 0.6 is 31.9 Å². The van der Waals surface area contributed by atoms with Crippen LogP contribution in [0.15, 0.2) is 39.3 Å². The van der Waals surface area contributed by atoms with Gasteiger partial charge in [0, 0.05) is 14.5 Å². The first kappa shape index (κ1) is 16.6. The van der Waals surface area contributed by atoms with Crippen molar-refractivity contribution in [2.45, 2.75) is 25.7 Å². The molecule has 112 valence electrons. The van der Waals surface area contributed by atoms with Crippen molar-refractivity contribution < 1.29 is 13.2 Å². The summed E-state index contributed by atoms with van der Waals surface area (Å²) in [5.41, 5.74) is 0.975. The molecule has 21 heavy (non-hydrogen) atoms. The van der Waals surface area contributed by atoms with Crippen LogP contribution in [0.2, 0.25) is 0 Å². The fourth-order valence-corrected chi connectivity index (χ4v) is 3.01. The maximum atomic E-state index is 13.7. The molecule has 0 N–H and O–H groups in total. The Kier molecular flexibility index (Phi) is 5.88. The lowest BCUT2D eigenvalue weighted by atomic mass is 10.0. The van der Waals surface area contributed by atoms with Crippen molar-refractivity contribution in [3.05, 3.63) is 67.9 Å². The Labute approximate surface area is 138 Å². The average Bonchev–Trinajstić information content (AvgIpc) is 2.40. The highest BCUT2D eigenvalue weighted by molar-refractivity contribution is 9.10. The molecule has 0 bridgehead atoms. The van der Waals surface area contributed by atoms with Gasteiger partial charge in [-0.25, -0.2) is 13.2 Å². The van der Waals surface area contributed by atoms with E-state index in [9.17, 15) is 13.2 Å². The Bertz CT molecular complexity index is 618. The van der Waals surface area contributed by atoms with Crippen LogP contribution in [-0.4, -0.2) is 0 Å². The second kappa shape index (κ2) is 7.45. The van der Waals surface area contributed by atoms with E-state index < -0.39 is 11.6 Å². The number of unbranched alkanes of at least 4 members (excludes halogenated alkanes) is 1. The molecule has 0 fully saturated rings. The summed E-state index contributed by atoms with van der Waals surface area (Å²) in [5, 5.41) is 0. The average molecular weight is 422 g/mol. The van der Waals surface area contributed by atoms with E-state index in [0.717, 1.165) is 16.5 Å². The molecule has 0 radical (unpaired) electrons. The van der Waals surface area contributed by atoms with Crippen LogP contribution in [0.5, 0.6) is 0 Å². The summed E-state index contributed by atoms with van der Waals surface area (Å²) in [6.45, 7) is 0. The normalized spacial score (nSPS) is 10.9. The number of rotatable bonds is 5. The van der Waals surface area contributed by atoms with Crippen molar-refractivity contribution in [2.24, 2.45) is 0 Å². The summed E-state index contributed by atoms with van der Waals surface area (Å²) in [5.74, 6) is -1.35. The van der Waals surface area contributed by atoms with Gasteiger partial charge >= 0.3 is 0 Å². The number of hydrogen-bond acceptors (Lipinski definition) is 0. The van der Waals surface area contributed by atoms with E-state index in [0.29, 0.717) is 23.7 Å². The first-order valence-electron chi connectivity index (χ1n) is 6.54. The van der Waals surface area contributed by atoms with Gasteiger partial charge in [-0.2, -0.15) is 0 Å². The minimum atomic E-state index is -0.534. The van der Waals surface area contributed by atoms with Crippen LogP contribution in [0.4, 0.5) is 13.2 Å². The summed E-state index contributed by atoms with van der Waals surface area (Å²) in [6, 6.07) is 7.06. The minimum Gasteiger partial charge on any atom is -0.207 e. The van der Waals surface area contributed by atoms with Crippen molar-refractivity contribution >= 4 is 31.9 Å². The van der Waals surface area contributed by atoms with E-state index in [2.05, 4.69) is 31.9 Å². The summed E-state index contributed by atoms with van der Waals surface area (Å²) in [6.07, 6.45) is 2.37. The van der Waals surface area contributed by atoms with Crippen molar-refractivity contribution in [1.29, 1.82) is 0 Å². The van der Waals surface area contributed by atoms with Crippen LogP contribution in [0.3, 0.4) is 0 Å². The third kappa shape index (κ3) is 4.58. The van der Waals surface area contributed by atoms with Gasteiger partial charge in [0.1, 0.15) is 17.5 Å². The van der Waals surface area contributed by atoms with Gasteiger partial charge in [-0.3, -0.25) is 0 Å². The molecule has 0 aliphatic rings. The van der Waals surface area contributed by atoms with Crippen molar-refractivity contribution in [3.63, 3.8) is 0 Å². The van der Waals surface area contributed by atoms with Gasteiger partial charge in [0.2, 0.25) is 0 Å². The van der Waals surface area contributed by atoms with E-state index in [-0.39, 0.29) is 11.4 Å². The van der Waals surface area contributed by atoms with E-state index in [1.54, 1.807) is 6.07 Å². The molecule has 2 aromatic carbocycles. The van der Waals surface area contributed by atoms with Crippen LogP contribution in [-0.2, 0) is 12.8 Å². The highest BCUT2D eigenvalue weighted by Gasteiger charge is 2.10. The lowest BCUT2D eigenvalue weighted by molar-refractivity contribution is 0.545. The molecule has 0 amide bonds. The molecule has 0 heterocycles. The largest absolute Gasteiger partial charge is 0.207 e. The van der Waals surface area contributed by atoms with Crippen molar-refractivity contribution in [2.75, 3.05) is 0 Å². The molecule has 0 aliphatic heterocycles. The van der Waals surface area contributed by atoms with Crippen LogP contribution < -0.4 is 0 Å². The molecular weight excluding hydrogens is 409 g/mol. The zero-order chi connectivity index (χ0) is 15.4. The number of halogens is 5. The zero-order valence-electron chi connectivity index (χ0n) is 11.1. The predicted molar refractivity (Wildman–Crippen MR) is 84.8 cm³/mol. The Balaban J connectivity index is 1.92. The molecular formula is C16H13Br2F3. The molecule has 2 aromatic rings. The molecule has 2 rings (SSSR count). The molecule has 0 saturated heterocycles. The number of aryl methyl sites for hydroxylation is 1. The van der Waals surface area contributed by atoms with E-state index >= 15 is 0 Å². The second-order valence-corrected chi connectivity index (χ2v) is 6.56.